The van der Waals surface area contributed by atoms with Crippen LogP contribution in [0.3, 0.4) is 0 Å². The predicted molar refractivity (Wildman–Crippen MR) is 80.6 cm³/mol. The fraction of sp³-hybridized carbons (Fsp3) is 0.500. The van der Waals surface area contributed by atoms with Crippen LogP contribution in [0.15, 0.2) is 22.7 Å². The number of benzene rings is 1. The average Bonchev–Trinajstić information content (AvgIpc) is 2.42. The number of hydrogen-bond acceptors (Lipinski definition) is 1. The Balaban J connectivity index is 2.82. The molecule has 7 heteroatoms. The number of rotatable bonds is 6. The minimum Gasteiger partial charge on any atom is -0.352 e. The zero-order valence-corrected chi connectivity index (χ0v) is 13.8. The Kier molecular flexibility index (Phi) is 7.00. The van der Waals surface area contributed by atoms with E-state index in [0.29, 0.717) is 16.9 Å². The molecular formula is C14H16BrClF3NO. The van der Waals surface area contributed by atoms with Crippen LogP contribution in [0.25, 0.3) is 0 Å². The minimum absolute atomic E-state index is 0.0226. The van der Waals surface area contributed by atoms with Crippen molar-refractivity contribution in [3.63, 3.8) is 0 Å². The van der Waals surface area contributed by atoms with Crippen molar-refractivity contribution < 1.29 is 18.0 Å². The molecule has 0 bridgehead atoms. The van der Waals surface area contributed by atoms with Gasteiger partial charge in [0.15, 0.2) is 0 Å². The molecule has 21 heavy (non-hydrogen) atoms. The lowest BCUT2D eigenvalue weighted by Gasteiger charge is -2.15. The molecule has 1 aromatic carbocycles. The SMILES string of the molecule is CCC(CCCl)CNC(=O)c1cc(C(F)(F)F)ccc1Br. The summed E-state index contributed by atoms with van der Waals surface area (Å²) in [4.78, 5) is 12.0. The third-order valence-corrected chi connectivity index (χ3v) is 4.09. The molecule has 118 valence electrons. The van der Waals surface area contributed by atoms with Crippen molar-refractivity contribution in [3.05, 3.63) is 33.8 Å². The maximum Gasteiger partial charge on any atom is 0.416 e. The van der Waals surface area contributed by atoms with E-state index >= 15 is 0 Å². The van der Waals surface area contributed by atoms with Crippen LogP contribution in [0.5, 0.6) is 0 Å². The van der Waals surface area contributed by atoms with Crippen LogP contribution in [0, 0.1) is 5.92 Å². The first-order chi connectivity index (χ1) is 9.79. The zero-order valence-electron chi connectivity index (χ0n) is 11.4. The van der Waals surface area contributed by atoms with Gasteiger partial charge in [0.25, 0.3) is 5.91 Å². The summed E-state index contributed by atoms with van der Waals surface area (Å²) in [5.41, 5.74) is -0.866. The summed E-state index contributed by atoms with van der Waals surface area (Å²) < 4.78 is 38.3. The minimum atomic E-state index is -4.47. The fourth-order valence-electron chi connectivity index (χ4n) is 1.81. The van der Waals surface area contributed by atoms with Crippen molar-refractivity contribution in [2.75, 3.05) is 12.4 Å². The molecule has 0 fully saturated rings. The number of hydrogen-bond donors (Lipinski definition) is 1. The molecule has 0 aromatic heterocycles. The molecule has 1 amide bonds. The van der Waals surface area contributed by atoms with Gasteiger partial charge in [-0.2, -0.15) is 13.2 Å². The number of amides is 1. The van der Waals surface area contributed by atoms with Crippen LogP contribution in [-0.4, -0.2) is 18.3 Å². The third-order valence-electron chi connectivity index (χ3n) is 3.18. The molecule has 0 heterocycles. The van der Waals surface area contributed by atoms with Crippen LogP contribution >= 0.6 is 27.5 Å². The molecule has 1 unspecified atom stereocenters. The highest BCUT2D eigenvalue weighted by atomic mass is 79.9. The van der Waals surface area contributed by atoms with Gasteiger partial charge in [-0.05, 0) is 46.5 Å². The quantitative estimate of drug-likeness (QED) is 0.696. The second-order valence-electron chi connectivity index (χ2n) is 4.65. The van der Waals surface area contributed by atoms with Gasteiger partial charge in [0, 0.05) is 16.9 Å². The fourth-order valence-corrected chi connectivity index (χ4v) is 2.55. The highest BCUT2D eigenvalue weighted by Crippen LogP contribution is 2.31. The first-order valence-corrected chi connectivity index (χ1v) is 7.83. The zero-order chi connectivity index (χ0) is 16.0. The average molecular weight is 387 g/mol. The van der Waals surface area contributed by atoms with Gasteiger partial charge in [0.2, 0.25) is 0 Å². The highest BCUT2D eigenvalue weighted by molar-refractivity contribution is 9.10. The van der Waals surface area contributed by atoms with Crippen molar-refractivity contribution in [2.45, 2.75) is 25.9 Å². The summed E-state index contributed by atoms with van der Waals surface area (Å²) in [5.74, 6) is 0.179. The van der Waals surface area contributed by atoms with Crippen molar-refractivity contribution in [1.29, 1.82) is 0 Å². The topological polar surface area (TPSA) is 29.1 Å². The normalized spacial score (nSPS) is 13.0. The Labute approximate surface area is 135 Å². The molecule has 0 aliphatic carbocycles. The molecule has 0 aliphatic rings. The van der Waals surface area contributed by atoms with E-state index in [1.807, 2.05) is 6.92 Å². The molecule has 0 aliphatic heterocycles. The van der Waals surface area contributed by atoms with E-state index in [1.165, 1.54) is 6.07 Å². The summed E-state index contributed by atoms with van der Waals surface area (Å²) in [6.45, 7) is 2.37. The van der Waals surface area contributed by atoms with E-state index < -0.39 is 17.6 Å². The number of carbonyl (C=O) groups excluding carboxylic acids is 1. The maximum absolute atomic E-state index is 12.7. The summed E-state index contributed by atoms with van der Waals surface area (Å²) >= 11 is 8.76. The molecule has 0 saturated carbocycles. The second-order valence-corrected chi connectivity index (χ2v) is 5.89. The van der Waals surface area contributed by atoms with E-state index in [1.54, 1.807) is 0 Å². The standard InChI is InChI=1S/C14H16BrClF3NO/c1-2-9(5-6-16)8-20-13(21)11-7-10(14(17,18)19)3-4-12(11)15/h3-4,7,9H,2,5-6,8H2,1H3,(H,20,21). The molecule has 0 saturated heterocycles. The van der Waals surface area contributed by atoms with Gasteiger partial charge in [-0.3, -0.25) is 4.79 Å². The molecule has 1 rings (SSSR count). The van der Waals surface area contributed by atoms with Gasteiger partial charge in [0.1, 0.15) is 0 Å². The Bertz CT molecular complexity index is 494. The van der Waals surface area contributed by atoms with E-state index in [9.17, 15) is 18.0 Å². The van der Waals surface area contributed by atoms with Crippen LogP contribution in [0.1, 0.15) is 35.7 Å². The molecule has 0 spiro atoms. The van der Waals surface area contributed by atoms with Crippen LogP contribution in [0.2, 0.25) is 0 Å². The van der Waals surface area contributed by atoms with Gasteiger partial charge in [0.05, 0.1) is 11.1 Å². The first kappa shape index (κ1) is 18.3. The molecule has 1 aromatic rings. The van der Waals surface area contributed by atoms with Crippen LogP contribution < -0.4 is 5.32 Å². The monoisotopic (exact) mass is 385 g/mol. The molecule has 0 radical (unpaired) electrons. The molecule has 1 atom stereocenters. The molecule has 1 N–H and O–H groups in total. The van der Waals surface area contributed by atoms with Crippen molar-refractivity contribution in [2.24, 2.45) is 5.92 Å². The van der Waals surface area contributed by atoms with Crippen LogP contribution in [0.4, 0.5) is 13.2 Å². The highest BCUT2D eigenvalue weighted by Gasteiger charge is 2.31. The lowest BCUT2D eigenvalue weighted by molar-refractivity contribution is -0.137. The third kappa shape index (κ3) is 5.51. The molecule has 2 nitrogen and oxygen atoms in total. The van der Waals surface area contributed by atoms with E-state index in [-0.39, 0.29) is 11.5 Å². The Morgan fingerprint density at radius 2 is 2.10 bits per heavy atom. The number of alkyl halides is 4. The smallest absolute Gasteiger partial charge is 0.352 e. The van der Waals surface area contributed by atoms with Crippen molar-refractivity contribution in [3.8, 4) is 0 Å². The van der Waals surface area contributed by atoms with E-state index in [4.69, 9.17) is 11.6 Å². The molecular weight excluding hydrogens is 371 g/mol. The van der Waals surface area contributed by atoms with E-state index in [2.05, 4.69) is 21.2 Å². The Morgan fingerprint density at radius 3 is 2.62 bits per heavy atom. The lowest BCUT2D eigenvalue weighted by atomic mass is 10.0. The summed E-state index contributed by atoms with van der Waals surface area (Å²) in [6.07, 6.45) is -2.88. The van der Waals surface area contributed by atoms with Crippen LogP contribution in [-0.2, 0) is 6.18 Å². The lowest BCUT2D eigenvalue weighted by Crippen LogP contribution is -2.29. The summed E-state index contributed by atoms with van der Waals surface area (Å²) in [6, 6.07) is 3.01. The largest absolute Gasteiger partial charge is 0.416 e. The first-order valence-electron chi connectivity index (χ1n) is 6.50. The van der Waals surface area contributed by atoms with E-state index in [0.717, 1.165) is 25.0 Å². The predicted octanol–water partition coefficient (Wildman–Crippen LogP) is 4.85. The number of carbonyl (C=O) groups is 1. The number of halogens is 5. The van der Waals surface area contributed by atoms with Crippen molar-refractivity contribution >= 4 is 33.4 Å². The van der Waals surface area contributed by atoms with Gasteiger partial charge >= 0.3 is 6.18 Å². The summed E-state index contributed by atoms with van der Waals surface area (Å²) in [5, 5.41) is 2.66. The van der Waals surface area contributed by atoms with Gasteiger partial charge in [-0.1, -0.05) is 13.3 Å². The van der Waals surface area contributed by atoms with Gasteiger partial charge in [-0.25, -0.2) is 0 Å². The Hall–Kier alpha value is -0.750. The maximum atomic E-state index is 12.7. The van der Waals surface area contributed by atoms with Crippen molar-refractivity contribution in [1.82, 2.24) is 5.32 Å². The summed E-state index contributed by atoms with van der Waals surface area (Å²) in [7, 11) is 0. The Morgan fingerprint density at radius 1 is 1.43 bits per heavy atom. The second kappa shape index (κ2) is 8.03. The van der Waals surface area contributed by atoms with Gasteiger partial charge < -0.3 is 5.32 Å². The van der Waals surface area contributed by atoms with Gasteiger partial charge in [-0.15, -0.1) is 11.6 Å². The number of nitrogens with one attached hydrogen (secondary N) is 1.